The summed E-state index contributed by atoms with van der Waals surface area (Å²) in [5.74, 6) is -1.36. The third-order valence-electron chi connectivity index (χ3n) is 3.97. The standard InChI is InChI=1S/C21H18FN3O2/c1-25(14-15-7-3-2-4-8-15)21(27)16-11-12-23-19(13-16)20(26)24-18-10-6-5-9-17(18)22/h2-13H,14H2,1H3,(H,24,26). The number of hydrogen-bond acceptors (Lipinski definition) is 3. The number of carbonyl (C=O) groups is 2. The highest BCUT2D eigenvalue weighted by molar-refractivity contribution is 6.04. The number of hydrogen-bond donors (Lipinski definition) is 1. The van der Waals surface area contributed by atoms with Gasteiger partial charge in [-0.3, -0.25) is 14.6 Å². The molecule has 0 atom stereocenters. The lowest BCUT2D eigenvalue weighted by molar-refractivity contribution is 0.0785. The topological polar surface area (TPSA) is 62.3 Å². The molecule has 2 amide bonds. The number of nitrogens with zero attached hydrogens (tertiary/aromatic N) is 2. The zero-order valence-corrected chi connectivity index (χ0v) is 14.7. The highest BCUT2D eigenvalue weighted by atomic mass is 19.1. The molecule has 136 valence electrons. The summed E-state index contributed by atoms with van der Waals surface area (Å²) in [6.07, 6.45) is 1.39. The summed E-state index contributed by atoms with van der Waals surface area (Å²) >= 11 is 0. The van der Waals surface area contributed by atoms with E-state index in [-0.39, 0.29) is 17.3 Å². The van der Waals surface area contributed by atoms with Crippen LogP contribution in [-0.4, -0.2) is 28.7 Å². The number of para-hydroxylation sites is 1. The van der Waals surface area contributed by atoms with E-state index in [1.54, 1.807) is 24.1 Å². The number of aromatic nitrogens is 1. The van der Waals surface area contributed by atoms with Crippen molar-refractivity contribution in [2.75, 3.05) is 12.4 Å². The van der Waals surface area contributed by atoms with Gasteiger partial charge in [0.25, 0.3) is 11.8 Å². The van der Waals surface area contributed by atoms with Gasteiger partial charge in [-0.2, -0.15) is 0 Å². The van der Waals surface area contributed by atoms with Crippen molar-refractivity contribution in [3.8, 4) is 0 Å². The number of anilines is 1. The molecule has 0 aliphatic rings. The minimum atomic E-state index is -0.583. The van der Waals surface area contributed by atoms with E-state index in [1.165, 1.54) is 30.5 Å². The van der Waals surface area contributed by atoms with Crippen LogP contribution in [0.2, 0.25) is 0 Å². The van der Waals surface area contributed by atoms with E-state index in [1.807, 2.05) is 30.3 Å². The molecular weight excluding hydrogens is 345 g/mol. The molecule has 0 radical (unpaired) electrons. The first-order valence-electron chi connectivity index (χ1n) is 8.36. The van der Waals surface area contributed by atoms with Gasteiger partial charge in [0.1, 0.15) is 11.5 Å². The Morgan fingerprint density at radius 2 is 1.74 bits per heavy atom. The SMILES string of the molecule is CN(Cc1ccccc1)C(=O)c1ccnc(C(=O)Nc2ccccc2F)c1. The van der Waals surface area contributed by atoms with Crippen LogP contribution in [-0.2, 0) is 6.54 Å². The van der Waals surface area contributed by atoms with E-state index < -0.39 is 11.7 Å². The van der Waals surface area contributed by atoms with Crippen LogP contribution in [0.3, 0.4) is 0 Å². The maximum Gasteiger partial charge on any atom is 0.274 e. The Morgan fingerprint density at radius 1 is 1.04 bits per heavy atom. The van der Waals surface area contributed by atoms with Gasteiger partial charge < -0.3 is 10.2 Å². The van der Waals surface area contributed by atoms with Crippen molar-refractivity contribution in [2.45, 2.75) is 6.54 Å². The Labute approximate surface area is 156 Å². The first kappa shape index (κ1) is 18.3. The fourth-order valence-corrected chi connectivity index (χ4v) is 2.59. The molecule has 1 N–H and O–H groups in total. The van der Waals surface area contributed by atoms with Gasteiger partial charge in [-0.25, -0.2) is 4.39 Å². The van der Waals surface area contributed by atoms with Crippen molar-refractivity contribution in [1.82, 2.24) is 9.88 Å². The summed E-state index contributed by atoms with van der Waals surface area (Å²) in [7, 11) is 1.69. The third kappa shape index (κ3) is 4.55. The second-order valence-corrected chi connectivity index (χ2v) is 6.01. The van der Waals surface area contributed by atoms with E-state index in [2.05, 4.69) is 10.3 Å². The predicted molar refractivity (Wildman–Crippen MR) is 101 cm³/mol. The molecule has 5 nitrogen and oxygen atoms in total. The third-order valence-corrected chi connectivity index (χ3v) is 3.97. The molecule has 0 spiro atoms. The lowest BCUT2D eigenvalue weighted by Crippen LogP contribution is -2.26. The van der Waals surface area contributed by atoms with Crippen molar-refractivity contribution >= 4 is 17.5 Å². The zero-order valence-electron chi connectivity index (χ0n) is 14.7. The minimum absolute atomic E-state index is 0.0391. The van der Waals surface area contributed by atoms with Crippen LogP contribution in [0.5, 0.6) is 0 Å². The molecule has 1 aromatic heterocycles. The van der Waals surface area contributed by atoms with Gasteiger partial charge in [0, 0.05) is 25.4 Å². The lowest BCUT2D eigenvalue weighted by atomic mass is 10.1. The highest BCUT2D eigenvalue weighted by Crippen LogP contribution is 2.14. The van der Waals surface area contributed by atoms with Crippen molar-refractivity contribution in [1.29, 1.82) is 0 Å². The molecule has 2 aromatic carbocycles. The van der Waals surface area contributed by atoms with Crippen LogP contribution in [0, 0.1) is 5.82 Å². The monoisotopic (exact) mass is 363 g/mol. The van der Waals surface area contributed by atoms with Crippen molar-refractivity contribution in [3.05, 3.63) is 95.6 Å². The van der Waals surface area contributed by atoms with Crippen molar-refractivity contribution in [2.24, 2.45) is 0 Å². The normalized spacial score (nSPS) is 10.3. The smallest absolute Gasteiger partial charge is 0.274 e. The number of pyridine rings is 1. The zero-order chi connectivity index (χ0) is 19.2. The summed E-state index contributed by atoms with van der Waals surface area (Å²) in [4.78, 5) is 30.5. The van der Waals surface area contributed by atoms with Crippen molar-refractivity contribution < 1.29 is 14.0 Å². The summed E-state index contributed by atoms with van der Waals surface area (Å²) in [6, 6.07) is 18.4. The molecule has 0 saturated carbocycles. The summed E-state index contributed by atoms with van der Waals surface area (Å²) < 4.78 is 13.7. The van der Waals surface area contributed by atoms with E-state index in [9.17, 15) is 14.0 Å². The predicted octanol–water partition coefficient (Wildman–Crippen LogP) is 3.75. The van der Waals surface area contributed by atoms with Gasteiger partial charge in [-0.05, 0) is 29.8 Å². The van der Waals surface area contributed by atoms with Gasteiger partial charge >= 0.3 is 0 Å². The Balaban J connectivity index is 1.73. The number of benzene rings is 2. The summed E-state index contributed by atoms with van der Waals surface area (Å²) in [6.45, 7) is 0.443. The van der Waals surface area contributed by atoms with E-state index >= 15 is 0 Å². The Morgan fingerprint density at radius 3 is 2.48 bits per heavy atom. The lowest BCUT2D eigenvalue weighted by Gasteiger charge is -2.17. The first-order valence-corrected chi connectivity index (χ1v) is 8.36. The van der Waals surface area contributed by atoms with Crippen LogP contribution in [0.1, 0.15) is 26.4 Å². The minimum Gasteiger partial charge on any atom is -0.337 e. The quantitative estimate of drug-likeness (QED) is 0.751. The van der Waals surface area contributed by atoms with Crippen LogP contribution in [0.15, 0.2) is 72.9 Å². The van der Waals surface area contributed by atoms with Gasteiger partial charge in [0.15, 0.2) is 0 Å². The molecule has 0 unspecified atom stereocenters. The van der Waals surface area contributed by atoms with Crippen LogP contribution >= 0.6 is 0 Å². The highest BCUT2D eigenvalue weighted by Gasteiger charge is 2.16. The largest absolute Gasteiger partial charge is 0.337 e. The second-order valence-electron chi connectivity index (χ2n) is 6.01. The van der Waals surface area contributed by atoms with Crippen LogP contribution in [0.25, 0.3) is 0 Å². The molecule has 0 saturated heterocycles. The van der Waals surface area contributed by atoms with E-state index in [0.717, 1.165) is 5.56 Å². The number of nitrogens with one attached hydrogen (secondary N) is 1. The molecule has 3 rings (SSSR count). The molecule has 27 heavy (non-hydrogen) atoms. The van der Waals surface area contributed by atoms with Crippen molar-refractivity contribution in [3.63, 3.8) is 0 Å². The maximum absolute atomic E-state index is 13.7. The van der Waals surface area contributed by atoms with Gasteiger partial charge in [-0.15, -0.1) is 0 Å². The van der Waals surface area contributed by atoms with Gasteiger partial charge in [0.2, 0.25) is 0 Å². The first-order chi connectivity index (χ1) is 13.0. The second kappa shape index (κ2) is 8.23. The van der Waals surface area contributed by atoms with Gasteiger partial charge in [-0.1, -0.05) is 42.5 Å². The number of halogens is 1. The average Bonchev–Trinajstić information content (AvgIpc) is 2.70. The van der Waals surface area contributed by atoms with E-state index in [0.29, 0.717) is 12.1 Å². The molecule has 0 aliphatic carbocycles. The van der Waals surface area contributed by atoms with Gasteiger partial charge in [0.05, 0.1) is 5.69 Å². The molecular formula is C21H18FN3O2. The Bertz CT molecular complexity index is 960. The summed E-state index contributed by atoms with van der Waals surface area (Å²) in [5, 5.41) is 2.46. The van der Waals surface area contributed by atoms with Crippen LogP contribution < -0.4 is 5.32 Å². The Hall–Kier alpha value is -3.54. The summed E-state index contributed by atoms with van der Waals surface area (Å²) in [5.41, 5.74) is 1.43. The molecule has 1 heterocycles. The maximum atomic E-state index is 13.7. The van der Waals surface area contributed by atoms with E-state index in [4.69, 9.17) is 0 Å². The number of rotatable bonds is 5. The van der Waals surface area contributed by atoms with Crippen LogP contribution in [0.4, 0.5) is 10.1 Å². The molecule has 6 heteroatoms. The average molecular weight is 363 g/mol. The number of carbonyl (C=O) groups excluding carboxylic acids is 2. The molecule has 3 aromatic rings. The number of amides is 2. The Kier molecular flexibility index (Phi) is 5.56. The molecule has 0 aliphatic heterocycles. The molecule has 0 fully saturated rings. The fraction of sp³-hybridized carbons (Fsp3) is 0.0952. The molecule has 0 bridgehead atoms. The fourth-order valence-electron chi connectivity index (χ4n) is 2.59.